The fourth-order valence-electron chi connectivity index (χ4n) is 4.73. The highest BCUT2D eigenvalue weighted by Crippen LogP contribution is 2.30. The SMILES string of the molecule is CC.CN(C)/C=C/c1c([N+](=O)[O-])cccc1[N+](=O)[O-].Cc1c([N+](=O)[O-])cccc1[N+](=O)[O-].Nc1cccc2c1ccn2O.O=[N+]([O-])c1cccc2c1ccn2O. The molecule has 0 fully saturated rings. The molecule has 294 valence electrons. The standard InChI is InChI=1S/C10H11N3O4.C8H6N2O3.C8H8N2O.C7H6N2O4.C2H6/c1-11(2)7-6-8-9(12(14)15)4-3-5-10(8)13(16)17;11-9-5-4-6-7(9)2-1-3-8(6)10(12)13;9-7-2-1-3-8-6(7)4-5-10(8)11;1-5-6(8(10)11)3-2-4-7(5)9(12)13;1-2/h3-7H,1-2H3;1-5,11H;1-5,11H,9H2;2-4H,1H3;1-2H3/b7-6+;;;;. The van der Waals surface area contributed by atoms with Crippen molar-refractivity contribution < 1.29 is 35.0 Å². The van der Waals surface area contributed by atoms with E-state index in [0.29, 0.717) is 16.6 Å². The molecule has 4 N–H and O–H groups in total. The van der Waals surface area contributed by atoms with Crippen LogP contribution in [0, 0.1) is 57.5 Å². The van der Waals surface area contributed by atoms with Crippen molar-refractivity contribution >= 4 is 62.0 Å². The molecule has 56 heavy (non-hydrogen) atoms. The van der Waals surface area contributed by atoms with E-state index in [9.17, 15) is 61.0 Å². The van der Waals surface area contributed by atoms with Crippen LogP contribution in [0.15, 0.2) is 104 Å². The number of anilines is 1. The Balaban J connectivity index is 0.000000256. The lowest BCUT2D eigenvalue weighted by atomic mass is 10.1. The number of nitrogens with zero attached hydrogens (tertiary/aromatic N) is 8. The number of fused-ring (bicyclic) bond motifs is 2. The van der Waals surface area contributed by atoms with Gasteiger partial charge in [-0.1, -0.05) is 26.0 Å². The number of nitro benzene ring substituents is 5. The van der Waals surface area contributed by atoms with Crippen LogP contribution in [-0.2, 0) is 0 Å². The van der Waals surface area contributed by atoms with E-state index in [1.54, 1.807) is 37.3 Å². The van der Waals surface area contributed by atoms with Crippen LogP contribution >= 0.6 is 0 Å². The van der Waals surface area contributed by atoms with E-state index in [-0.39, 0.29) is 39.6 Å². The summed E-state index contributed by atoms with van der Waals surface area (Å²) in [6.45, 7) is 5.36. The first-order chi connectivity index (χ1) is 26.5. The Hall–Kier alpha value is -8.10. The van der Waals surface area contributed by atoms with Gasteiger partial charge in [-0.25, -0.2) is 0 Å². The summed E-state index contributed by atoms with van der Waals surface area (Å²) in [5, 5.41) is 72.6. The minimum Gasteiger partial charge on any atom is -0.428 e. The Labute approximate surface area is 317 Å². The molecule has 21 nitrogen and oxygen atoms in total. The van der Waals surface area contributed by atoms with Crippen molar-refractivity contribution in [2.45, 2.75) is 20.8 Å². The number of aromatic nitrogens is 2. The molecule has 0 amide bonds. The minimum absolute atomic E-state index is 0.00352. The number of nitro groups is 5. The fraction of sp³-hybridized carbons (Fsp3) is 0.143. The molecule has 0 aliphatic heterocycles. The lowest BCUT2D eigenvalue weighted by Crippen LogP contribution is -2.01. The van der Waals surface area contributed by atoms with E-state index in [1.165, 1.54) is 80.0 Å². The van der Waals surface area contributed by atoms with Gasteiger partial charge >= 0.3 is 0 Å². The second kappa shape index (κ2) is 20.2. The van der Waals surface area contributed by atoms with Gasteiger partial charge in [0.25, 0.3) is 28.4 Å². The largest absolute Gasteiger partial charge is 0.428 e. The number of benzene rings is 4. The van der Waals surface area contributed by atoms with Crippen molar-refractivity contribution in [3.8, 4) is 0 Å². The Morgan fingerprint density at radius 2 is 0.929 bits per heavy atom. The number of non-ortho nitro benzene ring substituents is 1. The van der Waals surface area contributed by atoms with Gasteiger partial charge in [-0.05, 0) is 61.7 Å². The van der Waals surface area contributed by atoms with E-state index in [2.05, 4.69) is 0 Å². The average Bonchev–Trinajstić information content (AvgIpc) is 3.74. The number of hydrogen-bond acceptors (Lipinski definition) is 14. The van der Waals surface area contributed by atoms with E-state index < -0.39 is 24.6 Å². The van der Waals surface area contributed by atoms with Crippen LogP contribution in [0.1, 0.15) is 25.0 Å². The third-order valence-corrected chi connectivity index (χ3v) is 7.29. The van der Waals surface area contributed by atoms with Crippen molar-refractivity contribution in [3.05, 3.63) is 165 Å². The smallest absolute Gasteiger partial charge is 0.283 e. The van der Waals surface area contributed by atoms with Crippen LogP contribution in [0.25, 0.3) is 27.9 Å². The molecule has 0 aliphatic carbocycles. The third kappa shape index (κ3) is 11.2. The molecule has 0 aliphatic rings. The zero-order valence-electron chi connectivity index (χ0n) is 30.5. The summed E-state index contributed by atoms with van der Waals surface area (Å²) in [7, 11) is 3.44. The van der Waals surface area contributed by atoms with E-state index in [4.69, 9.17) is 5.73 Å². The predicted molar refractivity (Wildman–Crippen MR) is 208 cm³/mol. The topological polar surface area (TPSA) is 295 Å². The number of hydrogen-bond donors (Lipinski definition) is 3. The van der Waals surface area contributed by atoms with Crippen LogP contribution in [0.5, 0.6) is 0 Å². The monoisotopic (exact) mass is 775 g/mol. The highest BCUT2D eigenvalue weighted by Gasteiger charge is 2.22. The summed E-state index contributed by atoms with van der Waals surface area (Å²) in [5.74, 6) is 0. The quantitative estimate of drug-likeness (QED) is 0.0597. The molecule has 0 saturated carbocycles. The number of rotatable bonds is 7. The van der Waals surface area contributed by atoms with Gasteiger partial charge in [-0.2, -0.15) is 9.46 Å². The van der Waals surface area contributed by atoms with Gasteiger partial charge in [0.15, 0.2) is 0 Å². The summed E-state index contributed by atoms with van der Waals surface area (Å²) >= 11 is 0. The maximum atomic E-state index is 10.8. The minimum atomic E-state index is -0.637. The van der Waals surface area contributed by atoms with Crippen LogP contribution < -0.4 is 5.73 Å². The molecule has 2 heterocycles. The second-order valence-corrected chi connectivity index (χ2v) is 11.0. The van der Waals surface area contributed by atoms with Crippen LogP contribution in [0.3, 0.4) is 0 Å². The summed E-state index contributed by atoms with van der Waals surface area (Å²) < 4.78 is 1.92. The van der Waals surface area contributed by atoms with Gasteiger partial charge in [0.1, 0.15) is 11.1 Å². The third-order valence-electron chi connectivity index (χ3n) is 7.29. The first-order valence-corrected chi connectivity index (χ1v) is 16.1. The van der Waals surface area contributed by atoms with Crippen molar-refractivity contribution in [2.75, 3.05) is 19.8 Å². The zero-order chi connectivity index (χ0) is 42.3. The molecule has 0 unspecified atom stereocenters. The number of nitrogens with two attached hydrogens (primary N) is 1. The van der Waals surface area contributed by atoms with Crippen molar-refractivity contribution in [2.24, 2.45) is 0 Å². The van der Waals surface area contributed by atoms with Gasteiger partial charge in [0, 0.05) is 67.9 Å². The predicted octanol–water partition coefficient (Wildman–Crippen LogP) is 8.12. The molecular weight excluding hydrogens is 738 g/mol. The normalized spacial score (nSPS) is 10.0. The zero-order valence-corrected chi connectivity index (χ0v) is 30.5. The first kappa shape index (κ1) is 44.1. The molecular formula is C35H37N9O12. The molecule has 0 bridgehead atoms. The van der Waals surface area contributed by atoms with Crippen molar-refractivity contribution in [1.29, 1.82) is 0 Å². The second-order valence-electron chi connectivity index (χ2n) is 11.0. The molecule has 0 atom stereocenters. The highest BCUT2D eigenvalue weighted by atomic mass is 16.6. The maximum absolute atomic E-state index is 10.8. The Morgan fingerprint density at radius 3 is 1.34 bits per heavy atom. The average molecular weight is 776 g/mol. The molecule has 0 saturated heterocycles. The lowest BCUT2D eigenvalue weighted by Gasteiger charge is -2.04. The Morgan fingerprint density at radius 1 is 0.571 bits per heavy atom. The van der Waals surface area contributed by atoms with Gasteiger partial charge in [-0.3, -0.25) is 50.6 Å². The maximum Gasteiger partial charge on any atom is 0.283 e. The van der Waals surface area contributed by atoms with Crippen LogP contribution in [0.2, 0.25) is 0 Å². The summed E-state index contributed by atoms with van der Waals surface area (Å²) in [6, 6.07) is 20.8. The van der Waals surface area contributed by atoms with Crippen molar-refractivity contribution in [3.63, 3.8) is 0 Å². The van der Waals surface area contributed by atoms with Gasteiger partial charge in [0.05, 0.1) is 41.0 Å². The van der Waals surface area contributed by atoms with Gasteiger partial charge < -0.3 is 21.0 Å². The van der Waals surface area contributed by atoms with Gasteiger partial charge in [0.2, 0.25) is 0 Å². The van der Waals surface area contributed by atoms with Crippen molar-refractivity contribution in [1.82, 2.24) is 14.4 Å². The lowest BCUT2D eigenvalue weighted by molar-refractivity contribution is -0.395. The first-order valence-electron chi connectivity index (χ1n) is 16.1. The highest BCUT2D eigenvalue weighted by molar-refractivity contribution is 5.91. The van der Waals surface area contributed by atoms with Gasteiger partial charge in [-0.15, -0.1) is 0 Å². The molecule has 0 spiro atoms. The Bertz CT molecular complexity index is 2320. The molecule has 21 heteroatoms. The van der Waals surface area contributed by atoms with Crippen LogP contribution in [0.4, 0.5) is 34.1 Å². The van der Waals surface area contributed by atoms with Crippen LogP contribution in [-0.4, -0.2) is 63.5 Å². The van der Waals surface area contributed by atoms with E-state index in [0.717, 1.165) is 20.4 Å². The molecule has 6 aromatic rings. The molecule has 4 aromatic carbocycles. The molecule has 6 rings (SSSR count). The van der Waals surface area contributed by atoms with E-state index in [1.807, 2.05) is 32.0 Å². The summed E-state index contributed by atoms with van der Waals surface area (Å²) in [6.07, 6.45) is 5.82. The Kier molecular flexibility index (Phi) is 15.9. The number of nitrogen functional groups attached to an aromatic ring is 1. The molecule has 0 radical (unpaired) electrons. The summed E-state index contributed by atoms with van der Waals surface area (Å²) in [5.41, 5.74) is 6.58. The van der Waals surface area contributed by atoms with E-state index >= 15 is 0 Å². The summed E-state index contributed by atoms with van der Waals surface area (Å²) in [4.78, 5) is 51.5. The molecule has 2 aromatic heterocycles. The fourth-order valence-corrected chi connectivity index (χ4v) is 4.73.